The molecule has 1 atom stereocenters. The fourth-order valence-corrected chi connectivity index (χ4v) is 3.49. The normalized spacial score (nSPS) is 11.7. The Balaban J connectivity index is 2.24. The van der Waals surface area contributed by atoms with Crippen LogP contribution in [0.4, 0.5) is 0 Å². The zero-order valence-electron chi connectivity index (χ0n) is 16.7. The fourth-order valence-electron chi connectivity index (χ4n) is 2.86. The third-order valence-corrected chi connectivity index (χ3v) is 5.88. The first-order valence-electron chi connectivity index (χ1n) is 8.99. The van der Waals surface area contributed by atoms with Crippen LogP contribution in [0, 0.1) is 13.8 Å². The standard InChI is InChI=1S/C21H23Cl3N2O3/c1-12-8-15(9-13(2)20(12)24)29-11-19(27)26(14(3)21(28)25-4)10-16-17(22)6-5-7-18(16)23/h5-9,14H,10-11H2,1-4H3,(H,25,28)/t14-/m1/s1. The van der Waals surface area contributed by atoms with Gasteiger partial charge in [0.1, 0.15) is 11.8 Å². The minimum atomic E-state index is -0.739. The number of benzene rings is 2. The van der Waals surface area contributed by atoms with Gasteiger partial charge in [-0.3, -0.25) is 9.59 Å². The predicted molar refractivity (Wildman–Crippen MR) is 117 cm³/mol. The molecular weight excluding hydrogens is 435 g/mol. The van der Waals surface area contributed by atoms with Crippen LogP contribution in [0.5, 0.6) is 5.75 Å². The van der Waals surface area contributed by atoms with Crippen molar-refractivity contribution in [3.8, 4) is 5.75 Å². The van der Waals surface area contributed by atoms with E-state index in [0.29, 0.717) is 26.4 Å². The summed E-state index contributed by atoms with van der Waals surface area (Å²) in [7, 11) is 1.51. The van der Waals surface area contributed by atoms with Gasteiger partial charge in [-0.05, 0) is 56.2 Å². The van der Waals surface area contributed by atoms with Crippen molar-refractivity contribution in [1.29, 1.82) is 0 Å². The second-order valence-corrected chi connectivity index (χ2v) is 7.86. The molecule has 0 aliphatic carbocycles. The zero-order chi connectivity index (χ0) is 21.7. The Kier molecular flexibility index (Phi) is 8.20. The molecule has 0 fully saturated rings. The molecule has 0 spiro atoms. The molecule has 2 aromatic rings. The fraction of sp³-hybridized carbons (Fsp3) is 0.333. The summed E-state index contributed by atoms with van der Waals surface area (Å²) in [6.45, 7) is 5.20. The highest BCUT2D eigenvalue weighted by molar-refractivity contribution is 6.36. The number of rotatable bonds is 7. The van der Waals surface area contributed by atoms with Crippen molar-refractivity contribution in [2.75, 3.05) is 13.7 Å². The van der Waals surface area contributed by atoms with Gasteiger partial charge in [-0.2, -0.15) is 0 Å². The molecule has 0 aliphatic heterocycles. The molecule has 2 amide bonds. The third kappa shape index (κ3) is 5.78. The number of likely N-dealkylation sites (N-methyl/N-ethyl adjacent to an activating group) is 1. The van der Waals surface area contributed by atoms with Gasteiger partial charge in [0.05, 0.1) is 0 Å². The van der Waals surface area contributed by atoms with Gasteiger partial charge in [0.2, 0.25) is 5.91 Å². The molecule has 0 radical (unpaired) electrons. The van der Waals surface area contributed by atoms with E-state index in [1.165, 1.54) is 11.9 Å². The second kappa shape index (κ2) is 10.2. The van der Waals surface area contributed by atoms with Crippen LogP contribution < -0.4 is 10.1 Å². The van der Waals surface area contributed by atoms with Crippen LogP contribution in [0.3, 0.4) is 0 Å². The Bertz CT molecular complexity index is 875. The zero-order valence-corrected chi connectivity index (χ0v) is 19.0. The van der Waals surface area contributed by atoms with E-state index in [2.05, 4.69) is 5.32 Å². The summed E-state index contributed by atoms with van der Waals surface area (Å²) in [5.74, 6) is -0.150. The van der Waals surface area contributed by atoms with Gasteiger partial charge < -0.3 is 15.0 Å². The molecule has 0 unspecified atom stereocenters. The van der Waals surface area contributed by atoms with E-state index in [1.807, 2.05) is 13.8 Å². The minimum Gasteiger partial charge on any atom is -0.484 e. The molecule has 2 aromatic carbocycles. The Morgan fingerprint density at radius 2 is 1.66 bits per heavy atom. The van der Waals surface area contributed by atoms with E-state index in [1.54, 1.807) is 37.3 Å². The number of aryl methyl sites for hydroxylation is 2. The van der Waals surface area contributed by atoms with Crippen LogP contribution in [0.1, 0.15) is 23.6 Å². The van der Waals surface area contributed by atoms with Crippen LogP contribution in [0.2, 0.25) is 15.1 Å². The molecule has 1 N–H and O–H groups in total. The van der Waals surface area contributed by atoms with Crippen molar-refractivity contribution in [3.05, 3.63) is 62.1 Å². The Labute approximate surface area is 185 Å². The van der Waals surface area contributed by atoms with E-state index in [4.69, 9.17) is 39.5 Å². The number of halogens is 3. The number of carbonyl (C=O) groups excluding carboxylic acids is 2. The maximum atomic E-state index is 13.0. The Morgan fingerprint density at radius 1 is 1.10 bits per heavy atom. The van der Waals surface area contributed by atoms with E-state index in [9.17, 15) is 9.59 Å². The van der Waals surface area contributed by atoms with Crippen LogP contribution in [-0.4, -0.2) is 36.4 Å². The maximum absolute atomic E-state index is 13.0. The lowest BCUT2D eigenvalue weighted by Crippen LogP contribution is -2.48. The molecule has 0 aliphatic rings. The maximum Gasteiger partial charge on any atom is 0.261 e. The highest BCUT2D eigenvalue weighted by Crippen LogP contribution is 2.28. The highest BCUT2D eigenvalue weighted by Gasteiger charge is 2.27. The number of nitrogens with zero attached hydrogens (tertiary/aromatic N) is 1. The van der Waals surface area contributed by atoms with E-state index < -0.39 is 6.04 Å². The lowest BCUT2D eigenvalue weighted by atomic mass is 10.1. The quantitative estimate of drug-likeness (QED) is 0.649. The van der Waals surface area contributed by atoms with Gasteiger partial charge >= 0.3 is 0 Å². The summed E-state index contributed by atoms with van der Waals surface area (Å²) in [5, 5.41) is 4.06. The van der Waals surface area contributed by atoms with Crippen molar-refractivity contribution in [3.63, 3.8) is 0 Å². The average Bonchev–Trinajstić information content (AvgIpc) is 2.68. The first kappa shape index (κ1) is 23.3. The van der Waals surface area contributed by atoms with Gasteiger partial charge in [-0.25, -0.2) is 0 Å². The predicted octanol–water partition coefficient (Wildman–Crippen LogP) is 4.81. The number of carbonyl (C=O) groups is 2. The number of hydrogen-bond acceptors (Lipinski definition) is 3. The summed E-state index contributed by atoms with van der Waals surface area (Å²) in [4.78, 5) is 26.5. The molecule has 156 valence electrons. The molecular formula is C21H23Cl3N2O3. The summed E-state index contributed by atoms with van der Waals surface area (Å²) >= 11 is 18.7. The van der Waals surface area contributed by atoms with Gasteiger partial charge in [0.15, 0.2) is 6.61 Å². The largest absolute Gasteiger partial charge is 0.484 e. The number of ether oxygens (including phenoxy) is 1. The number of hydrogen-bond donors (Lipinski definition) is 1. The Morgan fingerprint density at radius 3 is 2.17 bits per heavy atom. The first-order chi connectivity index (χ1) is 13.6. The van der Waals surface area contributed by atoms with Crippen molar-refractivity contribution in [2.45, 2.75) is 33.4 Å². The summed E-state index contributed by atoms with van der Waals surface area (Å²) in [6, 6.07) is 7.88. The van der Waals surface area contributed by atoms with Crippen molar-refractivity contribution >= 4 is 46.6 Å². The molecule has 8 heteroatoms. The third-order valence-electron chi connectivity index (χ3n) is 4.58. The lowest BCUT2D eigenvalue weighted by Gasteiger charge is -2.29. The average molecular weight is 458 g/mol. The van der Waals surface area contributed by atoms with Gasteiger partial charge in [-0.1, -0.05) is 40.9 Å². The second-order valence-electron chi connectivity index (χ2n) is 6.67. The van der Waals surface area contributed by atoms with Gasteiger partial charge in [-0.15, -0.1) is 0 Å². The molecule has 0 heterocycles. The van der Waals surface area contributed by atoms with Crippen molar-refractivity contribution < 1.29 is 14.3 Å². The van der Waals surface area contributed by atoms with Crippen LogP contribution in [0.25, 0.3) is 0 Å². The topological polar surface area (TPSA) is 58.6 Å². The number of nitrogens with one attached hydrogen (secondary N) is 1. The van der Waals surface area contributed by atoms with E-state index in [0.717, 1.165) is 11.1 Å². The number of amides is 2. The van der Waals surface area contributed by atoms with Crippen molar-refractivity contribution in [2.24, 2.45) is 0 Å². The summed E-state index contributed by atoms with van der Waals surface area (Å²) < 4.78 is 5.68. The molecule has 5 nitrogen and oxygen atoms in total. The molecule has 29 heavy (non-hydrogen) atoms. The molecule has 0 bridgehead atoms. The summed E-state index contributed by atoms with van der Waals surface area (Å²) in [6.07, 6.45) is 0. The van der Waals surface area contributed by atoms with Gasteiger partial charge in [0, 0.05) is 34.2 Å². The first-order valence-corrected chi connectivity index (χ1v) is 10.1. The smallest absolute Gasteiger partial charge is 0.261 e. The van der Waals surface area contributed by atoms with E-state index in [-0.39, 0.29) is 25.0 Å². The molecule has 0 saturated heterocycles. The monoisotopic (exact) mass is 456 g/mol. The van der Waals surface area contributed by atoms with Crippen LogP contribution >= 0.6 is 34.8 Å². The van der Waals surface area contributed by atoms with Crippen LogP contribution in [0.15, 0.2) is 30.3 Å². The lowest BCUT2D eigenvalue weighted by molar-refractivity contribution is -0.142. The SMILES string of the molecule is CNC(=O)[C@@H](C)N(Cc1c(Cl)cccc1Cl)C(=O)COc1cc(C)c(Cl)c(C)c1. The summed E-state index contributed by atoms with van der Waals surface area (Å²) in [5.41, 5.74) is 2.28. The Hall–Kier alpha value is -1.95. The highest BCUT2D eigenvalue weighted by atomic mass is 35.5. The van der Waals surface area contributed by atoms with E-state index >= 15 is 0 Å². The van der Waals surface area contributed by atoms with Crippen molar-refractivity contribution in [1.82, 2.24) is 10.2 Å². The van der Waals surface area contributed by atoms with Crippen LogP contribution in [-0.2, 0) is 16.1 Å². The molecule has 0 aromatic heterocycles. The van der Waals surface area contributed by atoms with Gasteiger partial charge in [0.25, 0.3) is 5.91 Å². The molecule has 0 saturated carbocycles. The minimum absolute atomic E-state index is 0.0773. The molecule has 2 rings (SSSR count).